The maximum Gasteiger partial charge on any atom is 0.136 e. The molecule has 0 aliphatic rings. The fourth-order valence-corrected chi connectivity index (χ4v) is 4.86. The lowest BCUT2D eigenvalue weighted by Gasteiger charge is -2.18. The SMILES string of the molecule is [2H]c1c([2H])c([2H])c2c(oc3c([2H])c([2H])c([2H])c(-c4c5ccccc5c(-c5ccccc5)c5ccccc45)c32)c1[2H]. The minimum absolute atomic E-state index is 0.0294. The van der Waals surface area contributed by atoms with Crippen molar-refractivity contribution in [2.75, 3.05) is 0 Å². The molecular weight excluding hydrogens is 400 g/mol. The lowest BCUT2D eigenvalue weighted by Crippen LogP contribution is -1.91. The van der Waals surface area contributed by atoms with Crippen LogP contribution in [0.2, 0.25) is 0 Å². The predicted molar refractivity (Wildman–Crippen MR) is 140 cm³/mol. The van der Waals surface area contributed by atoms with Gasteiger partial charge in [0, 0.05) is 10.8 Å². The smallest absolute Gasteiger partial charge is 0.136 e. The molecule has 0 unspecified atom stereocenters. The third kappa shape index (κ3) is 2.66. The zero-order chi connectivity index (χ0) is 27.9. The summed E-state index contributed by atoms with van der Waals surface area (Å²) >= 11 is 0. The van der Waals surface area contributed by atoms with E-state index in [1.807, 2.05) is 66.7 Å². The summed E-state index contributed by atoms with van der Waals surface area (Å²) in [7, 11) is 0. The van der Waals surface area contributed by atoms with Gasteiger partial charge < -0.3 is 4.42 Å². The van der Waals surface area contributed by atoms with E-state index in [0.29, 0.717) is 11.1 Å². The van der Waals surface area contributed by atoms with Crippen molar-refractivity contribution < 1.29 is 14.0 Å². The molecule has 154 valence electrons. The second-order valence-corrected chi connectivity index (χ2v) is 7.97. The van der Waals surface area contributed by atoms with Crippen molar-refractivity contribution in [3.63, 3.8) is 0 Å². The number of furan rings is 1. The standard InChI is InChI=1S/C32H20O/c1-2-11-21(12-3-1)30-22-13-4-6-15-24(22)31(25-16-7-5-14-23(25)30)27-18-10-20-29-32(27)26-17-8-9-19-28(26)33-29/h1-20H/i8D,9D,10D,17D,18D,19D,20D. The second-order valence-electron chi connectivity index (χ2n) is 7.97. The first-order chi connectivity index (χ1) is 19.3. The summed E-state index contributed by atoms with van der Waals surface area (Å²) in [6.07, 6.45) is 0. The molecular formula is C32H20O. The van der Waals surface area contributed by atoms with Gasteiger partial charge in [-0.1, -0.05) is 109 Å². The zero-order valence-corrected chi connectivity index (χ0v) is 17.4. The Kier molecular flexibility index (Phi) is 2.71. The van der Waals surface area contributed by atoms with Crippen LogP contribution in [0.3, 0.4) is 0 Å². The Balaban J connectivity index is 1.79. The summed E-state index contributed by atoms with van der Waals surface area (Å²) < 4.78 is 66.0. The zero-order valence-electron chi connectivity index (χ0n) is 24.4. The molecule has 1 nitrogen and oxygen atoms in total. The van der Waals surface area contributed by atoms with Gasteiger partial charge in [0.2, 0.25) is 0 Å². The highest BCUT2D eigenvalue weighted by molar-refractivity contribution is 6.25. The van der Waals surface area contributed by atoms with E-state index in [2.05, 4.69) is 12.1 Å². The molecule has 0 radical (unpaired) electrons. The molecule has 0 amide bonds. The normalized spacial score (nSPS) is 14.6. The molecule has 0 saturated heterocycles. The summed E-state index contributed by atoms with van der Waals surface area (Å²) in [6.45, 7) is 0. The van der Waals surface area contributed by atoms with Crippen LogP contribution in [0, 0.1) is 0 Å². The van der Waals surface area contributed by atoms with Crippen molar-refractivity contribution in [1.82, 2.24) is 0 Å². The number of hydrogen-bond donors (Lipinski definition) is 0. The largest absolute Gasteiger partial charge is 0.456 e. The van der Waals surface area contributed by atoms with Crippen LogP contribution in [-0.2, 0) is 0 Å². The molecule has 33 heavy (non-hydrogen) atoms. The number of rotatable bonds is 2. The molecule has 0 aliphatic carbocycles. The van der Waals surface area contributed by atoms with Gasteiger partial charge in [0.25, 0.3) is 0 Å². The van der Waals surface area contributed by atoms with E-state index in [4.69, 9.17) is 14.0 Å². The highest BCUT2D eigenvalue weighted by Crippen LogP contribution is 2.46. The van der Waals surface area contributed by atoms with Crippen LogP contribution in [0.1, 0.15) is 9.60 Å². The highest BCUT2D eigenvalue weighted by atomic mass is 16.3. The summed E-state index contributed by atoms with van der Waals surface area (Å²) in [4.78, 5) is 0. The van der Waals surface area contributed by atoms with Gasteiger partial charge in [-0.25, -0.2) is 0 Å². The average Bonchev–Trinajstić information content (AvgIpc) is 3.38. The predicted octanol–water partition coefficient (Wildman–Crippen LogP) is 9.23. The van der Waals surface area contributed by atoms with Crippen LogP contribution in [0.4, 0.5) is 0 Å². The van der Waals surface area contributed by atoms with Crippen molar-refractivity contribution >= 4 is 43.5 Å². The second kappa shape index (κ2) is 7.08. The van der Waals surface area contributed by atoms with Crippen LogP contribution in [-0.4, -0.2) is 0 Å². The van der Waals surface area contributed by atoms with Gasteiger partial charge in [-0.05, 0) is 55.9 Å². The Hall–Kier alpha value is -4.36. The van der Waals surface area contributed by atoms with Crippen LogP contribution in [0.15, 0.2) is 126 Å². The van der Waals surface area contributed by atoms with Crippen LogP contribution < -0.4 is 0 Å². The minimum Gasteiger partial charge on any atom is -0.456 e. The summed E-state index contributed by atoms with van der Waals surface area (Å²) in [5.74, 6) is 0. The Morgan fingerprint density at radius 3 is 1.76 bits per heavy atom. The monoisotopic (exact) mass is 427 g/mol. The molecule has 1 aromatic heterocycles. The number of para-hydroxylation sites is 1. The van der Waals surface area contributed by atoms with E-state index in [9.17, 15) is 0 Å². The molecule has 7 rings (SSSR count). The Morgan fingerprint density at radius 2 is 1.06 bits per heavy atom. The topological polar surface area (TPSA) is 13.1 Å². The third-order valence-corrected chi connectivity index (χ3v) is 6.19. The molecule has 0 aliphatic heterocycles. The van der Waals surface area contributed by atoms with Crippen molar-refractivity contribution in [1.29, 1.82) is 0 Å². The Labute approximate surface area is 201 Å². The molecule has 7 aromatic rings. The van der Waals surface area contributed by atoms with Gasteiger partial charge in [-0.3, -0.25) is 0 Å². The Bertz CT molecular complexity index is 2130. The fourth-order valence-electron chi connectivity index (χ4n) is 4.86. The molecule has 1 heterocycles. The van der Waals surface area contributed by atoms with Gasteiger partial charge in [0.1, 0.15) is 11.2 Å². The van der Waals surface area contributed by atoms with Crippen LogP contribution in [0.5, 0.6) is 0 Å². The number of benzene rings is 6. The van der Waals surface area contributed by atoms with Crippen molar-refractivity contribution in [3.05, 3.63) is 121 Å². The maximum absolute atomic E-state index is 9.12. The van der Waals surface area contributed by atoms with Gasteiger partial charge in [0.05, 0.1) is 9.60 Å². The molecule has 6 aromatic carbocycles. The van der Waals surface area contributed by atoms with Crippen LogP contribution >= 0.6 is 0 Å². The molecule has 1 heteroatoms. The third-order valence-electron chi connectivity index (χ3n) is 6.19. The van der Waals surface area contributed by atoms with Gasteiger partial charge in [-0.15, -0.1) is 0 Å². The molecule has 0 bridgehead atoms. The quantitative estimate of drug-likeness (QED) is 0.251. The van der Waals surface area contributed by atoms with E-state index in [1.165, 1.54) is 0 Å². The fraction of sp³-hybridized carbons (Fsp3) is 0. The van der Waals surface area contributed by atoms with Crippen LogP contribution in [0.25, 0.3) is 65.7 Å². The molecule has 0 fully saturated rings. The summed E-state index contributed by atoms with van der Waals surface area (Å²) in [5, 5.41) is 3.87. The maximum atomic E-state index is 9.12. The van der Waals surface area contributed by atoms with E-state index in [0.717, 1.165) is 32.7 Å². The molecule has 0 saturated carbocycles. The van der Waals surface area contributed by atoms with Gasteiger partial charge in [-0.2, -0.15) is 0 Å². The first kappa shape index (κ1) is 12.6. The lowest BCUT2D eigenvalue weighted by molar-refractivity contribution is 0.669. The van der Waals surface area contributed by atoms with Gasteiger partial charge in [0.15, 0.2) is 0 Å². The molecule has 0 spiro atoms. The molecule has 0 N–H and O–H groups in total. The lowest BCUT2D eigenvalue weighted by atomic mass is 9.85. The number of fused-ring (bicyclic) bond motifs is 5. The average molecular weight is 428 g/mol. The summed E-state index contributed by atoms with van der Waals surface area (Å²) in [6, 6.07) is 23.4. The minimum atomic E-state index is -0.440. The van der Waals surface area contributed by atoms with E-state index in [-0.39, 0.29) is 52.2 Å². The first-order valence-electron chi connectivity index (χ1n) is 14.2. The number of hydrogen-bond acceptors (Lipinski definition) is 1. The van der Waals surface area contributed by atoms with Crippen molar-refractivity contribution in [2.24, 2.45) is 0 Å². The van der Waals surface area contributed by atoms with Crippen molar-refractivity contribution in [3.8, 4) is 22.3 Å². The van der Waals surface area contributed by atoms with Gasteiger partial charge >= 0.3 is 0 Å². The van der Waals surface area contributed by atoms with Crippen molar-refractivity contribution in [2.45, 2.75) is 0 Å². The Morgan fingerprint density at radius 1 is 0.485 bits per heavy atom. The van der Waals surface area contributed by atoms with E-state index >= 15 is 0 Å². The summed E-state index contributed by atoms with van der Waals surface area (Å²) in [5.41, 5.74) is 2.91. The van der Waals surface area contributed by atoms with E-state index < -0.39 is 12.1 Å². The molecule has 0 atom stereocenters. The first-order valence-corrected chi connectivity index (χ1v) is 10.7. The van der Waals surface area contributed by atoms with E-state index in [1.54, 1.807) is 0 Å². The highest BCUT2D eigenvalue weighted by Gasteiger charge is 2.19.